The normalized spacial score (nSPS) is 12.0. The summed E-state index contributed by atoms with van der Waals surface area (Å²) in [6.45, 7) is 0. The number of fused-ring (bicyclic) bond motifs is 11. The molecule has 0 aliphatic rings. The Morgan fingerprint density at radius 2 is 0.800 bits per heavy atom. The van der Waals surface area contributed by atoms with Crippen LogP contribution in [0.3, 0.4) is 0 Å². The number of aromatic nitrogens is 3. The summed E-state index contributed by atoms with van der Waals surface area (Å²) in [6.07, 6.45) is 0. The van der Waals surface area contributed by atoms with Gasteiger partial charge >= 0.3 is 0 Å². The van der Waals surface area contributed by atoms with E-state index in [1.165, 1.54) is 21.5 Å². The van der Waals surface area contributed by atoms with Crippen molar-refractivity contribution in [1.29, 1.82) is 0 Å². The van der Waals surface area contributed by atoms with E-state index >= 15 is 0 Å². The van der Waals surface area contributed by atoms with Gasteiger partial charge in [0.25, 0.3) is 0 Å². The fourth-order valence-electron chi connectivity index (χ4n) is 7.62. The maximum Gasteiger partial charge on any atom is 0.164 e. The first kappa shape index (κ1) is 27.1. The van der Waals surface area contributed by atoms with E-state index < -0.39 is 0 Å². The Labute approximate surface area is 285 Å². The summed E-state index contributed by atoms with van der Waals surface area (Å²) < 4.78 is 12.6. The van der Waals surface area contributed by atoms with Crippen LogP contribution < -0.4 is 0 Å². The van der Waals surface area contributed by atoms with Crippen molar-refractivity contribution in [3.63, 3.8) is 0 Å². The van der Waals surface area contributed by atoms with Crippen molar-refractivity contribution in [3.8, 4) is 34.2 Å². The zero-order chi connectivity index (χ0) is 32.8. The molecule has 0 saturated carbocycles. The summed E-state index contributed by atoms with van der Waals surface area (Å²) >= 11 is 0. The highest BCUT2D eigenvalue weighted by atomic mass is 16.3. The standard InChI is InChI=1S/C45H25N3O2/c1-2-10-29-26(9-1)21-24-31-30(29)23-22-27-19-20-28(25-36(27)31)43-46-44(34-13-7-17-39-41(34)32-11-3-5-15-37(32)49-39)48-45(47-43)35-14-8-18-40-42(35)33-12-4-6-16-38(33)50-40/h1-25H. The first-order valence-electron chi connectivity index (χ1n) is 16.7. The average Bonchev–Trinajstić information content (AvgIpc) is 3.76. The molecule has 0 radical (unpaired) electrons. The number of rotatable bonds is 3. The molecule has 232 valence electrons. The second-order valence-corrected chi connectivity index (χ2v) is 12.7. The quantitative estimate of drug-likeness (QED) is 0.180. The van der Waals surface area contributed by atoms with Crippen LogP contribution in [0.25, 0.3) is 110 Å². The Balaban J connectivity index is 1.21. The van der Waals surface area contributed by atoms with Crippen LogP contribution in [0.1, 0.15) is 0 Å². The SMILES string of the molecule is c1ccc2c(c1)ccc1c3cc(-c4nc(-c5cccc6oc7ccccc7c56)nc(-c5cccc6oc7ccccc7c56)n4)ccc3ccc21. The molecule has 0 N–H and O–H groups in total. The van der Waals surface area contributed by atoms with Crippen LogP contribution in [-0.2, 0) is 0 Å². The van der Waals surface area contributed by atoms with Crippen molar-refractivity contribution >= 4 is 76.2 Å². The van der Waals surface area contributed by atoms with E-state index in [-0.39, 0.29) is 0 Å². The van der Waals surface area contributed by atoms with Gasteiger partial charge in [0.05, 0.1) is 0 Å². The third-order valence-corrected chi connectivity index (χ3v) is 9.92. The van der Waals surface area contributed by atoms with E-state index in [2.05, 4.69) is 91.0 Å². The summed E-state index contributed by atoms with van der Waals surface area (Å²) in [5.74, 6) is 1.76. The minimum atomic E-state index is 0.580. The van der Waals surface area contributed by atoms with Gasteiger partial charge in [0.2, 0.25) is 0 Å². The Bertz CT molecular complexity index is 3040. The number of para-hydroxylation sites is 2. The van der Waals surface area contributed by atoms with E-state index in [0.29, 0.717) is 17.5 Å². The molecule has 0 bridgehead atoms. The molecule has 0 unspecified atom stereocenters. The lowest BCUT2D eigenvalue weighted by atomic mass is 9.96. The van der Waals surface area contributed by atoms with Gasteiger partial charge in [-0.3, -0.25) is 0 Å². The molecule has 3 aromatic heterocycles. The maximum absolute atomic E-state index is 6.28. The van der Waals surface area contributed by atoms with E-state index in [9.17, 15) is 0 Å². The molecule has 11 aromatic rings. The number of nitrogens with zero attached hydrogens (tertiary/aromatic N) is 3. The van der Waals surface area contributed by atoms with E-state index in [4.69, 9.17) is 23.8 Å². The zero-order valence-electron chi connectivity index (χ0n) is 26.6. The largest absolute Gasteiger partial charge is 0.456 e. The van der Waals surface area contributed by atoms with Gasteiger partial charge in [-0.25, -0.2) is 15.0 Å². The van der Waals surface area contributed by atoms with Crippen LogP contribution in [0.4, 0.5) is 0 Å². The smallest absolute Gasteiger partial charge is 0.164 e. The van der Waals surface area contributed by atoms with Gasteiger partial charge in [0.1, 0.15) is 22.3 Å². The predicted octanol–water partition coefficient (Wildman–Crippen LogP) is 12.1. The highest BCUT2D eigenvalue weighted by Crippen LogP contribution is 2.40. The summed E-state index contributed by atoms with van der Waals surface area (Å²) in [6, 6.07) is 52.2. The second kappa shape index (κ2) is 10.3. The molecule has 0 fully saturated rings. The molecule has 0 aliphatic heterocycles. The minimum Gasteiger partial charge on any atom is -0.456 e. The molecule has 8 aromatic carbocycles. The van der Waals surface area contributed by atoms with Crippen LogP contribution in [0.2, 0.25) is 0 Å². The van der Waals surface area contributed by atoms with E-state index in [0.717, 1.165) is 71.3 Å². The Hall–Kier alpha value is -6.85. The molecular weight excluding hydrogens is 615 g/mol. The molecular formula is C45H25N3O2. The molecule has 0 spiro atoms. The Kier molecular flexibility index (Phi) is 5.60. The number of hydrogen-bond acceptors (Lipinski definition) is 5. The molecule has 3 heterocycles. The summed E-state index contributed by atoms with van der Waals surface area (Å²) in [5.41, 5.74) is 5.93. The lowest BCUT2D eigenvalue weighted by Crippen LogP contribution is -2.01. The lowest BCUT2D eigenvalue weighted by molar-refractivity contribution is 0.668. The third-order valence-electron chi connectivity index (χ3n) is 9.92. The van der Waals surface area contributed by atoms with Crippen molar-refractivity contribution in [3.05, 3.63) is 152 Å². The van der Waals surface area contributed by atoms with Gasteiger partial charge in [0, 0.05) is 38.2 Å². The minimum absolute atomic E-state index is 0.580. The van der Waals surface area contributed by atoms with Gasteiger partial charge < -0.3 is 8.83 Å². The van der Waals surface area contributed by atoms with Crippen molar-refractivity contribution in [2.24, 2.45) is 0 Å². The number of furan rings is 2. The van der Waals surface area contributed by atoms with Crippen LogP contribution in [0.5, 0.6) is 0 Å². The Morgan fingerprint density at radius 3 is 1.44 bits per heavy atom. The van der Waals surface area contributed by atoms with Crippen LogP contribution in [0.15, 0.2) is 160 Å². The van der Waals surface area contributed by atoms with Crippen LogP contribution in [-0.4, -0.2) is 15.0 Å². The van der Waals surface area contributed by atoms with Gasteiger partial charge in [-0.2, -0.15) is 0 Å². The predicted molar refractivity (Wildman–Crippen MR) is 203 cm³/mol. The molecule has 0 saturated heterocycles. The molecule has 0 aliphatic carbocycles. The fourth-order valence-corrected chi connectivity index (χ4v) is 7.62. The molecule has 5 heteroatoms. The molecule has 50 heavy (non-hydrogen) atoms. The summed E-state index contributed by atoms with van der Waals surface area (Å²) in [4.78, 5) is 15.6. The second-order valence-electron chi connectivity index (χ2n) is 12.7. The third kappa shape index (κ3) is 3.98. The monoisotopic (exact) mass is 639 g/mol. The van der Waals surface area contributed by atoms with Gasteiger partial charge in [-0.05, 0) is 62.6 Å². The lowest BCUT2D eigenvalue weighted by Gasteiger charge is -2.12. The first-order chi connectivity index (χ1) is 24.8. The molecule has 11 rings (SSSR count). The fraction of sp³-hybridized carbons (Fsp3) is 0. The highest BCUT2D eigenvalue weighted by molar-refractivity contribution is 6.18. The van der Waals surface area contributed by atoms with Crippen molar-refractivity contribution in [1.82, 2.24) is 15.0 Å². The van der Waals surface area contributed by atoms with Gasteiger partial charge in [-0.15, -0.1) is 0 Å². The zero-order valence-corrected chi connectivity index (χ0v) is 26.6. The van der Waals surface area contributed by atoms with Crippen LogP contribution >= 0.6 is 0 Å². The van der Waals surface area contributed by atoms with Crippen molar-refractivity contribution in [2.45, 2.75) is 0 Å². The molecule has 0 amide bonds. The molecule has 5 nitrogen and oxygen atoms in total. The van der Waals surface area contributed by atoms with Gasteiger partial charge in [-0.1, -0.05) is 121 Å². The number of benzene rings is 8. The first-order valence-corrected chi connectivity index (χ1v) is 16.7. The summed E-state index contributed by atoms with van der Waals surface area (Å²) in [7, 11) is 0. The topological polar surface area (TPSA) is 65.0 Å². The van der Waals surface area contributed by atoms with Gasteiger partial charge in [0.15, 0.2) is 17.5 Å². The molecule has 0 atom stereocenters. The average molecular weight is 640 g/mol. The van der Waals surface area contributed by atoms with Crippen molar-refractivity contribution in [2.75, 3.05) is 0 Å². The Morgan fingerprint density at radius 1 is 0.320 bits per heavy atom. The maximum atomic E-state index is 6.28. The van der Waals surface area contributed by atoms with Crippen molar-refractivity contribution < 1.29 is 8.83 Å². The number of hydrogen-bond donors (Lipinski definition) is 0. The van der Waals surface area contributed by atoms with Crippen LogP contribution in [0, 0.1) is 0 Å². The highest BCUT2D eigenvalue weighted by Gasteiger charge is 2.20. The summed E-state index contributed by atoms with van der Waals surface area (Å²) in [5, 5.41) is 11.2. The van der Waals surface area contributed by atoms with E-state index in [1.54, 1.807) is 0 Å². The van der Waals surface area contributed by atoms with E-state index in [1.807, 2.05) is 60.7 Å².